The average molecular weight is 354 g/mol. The van der Waals surface area contributed by atoms with Gasteiger partial charge in [-0.3, -0.25) is 0 Å². The third-order valence-electron chi connectivity index (χ3n) is 2.58. The lowest BCUT2D eigenvalue weighted by atomic mass is 10.2. The minimum atomic E-state index is 0.600. The maximum absolute atomic E-state index is 5.69. The van der Waals surface area contributed by atoms with Gasteiger partial charge in [-0.2, -0.15) is 0 Å². The van der Waals surface area contributed by atoms with Crippen molar-refractivity contribution in [3.63, 3.8) is 0 Å². The molecule has 2 aromatic rings. The van der Waals surface area contributed by atoms with Crippen molar-refractivity contribution in [2.75, 3.05) is 7.11 Å². The molecule has 2 nitrogen and oxygen atoms in total. The zero-order valence-corrected chi connectivity index (χ0v) is 12.4. The minimum Gasteiger partial charge on any atom is -0.497 e. The van der Waals surface area contributed by atoms with E-state index in [1.807, 2.05) is 24.3 Å². The molecule has 2 aromatic carbocycles. The van der Waals surface area contributed by atoms with E-state index in [0.29, 0.717) is 13.2 Å². The van der Waals surface area contributed by atoms with E-state index >= 15 is 0 Å². The predicted molar refractivity (Wildman–Crippen MR) is 80.6 cm³/mol. The van der Waals surface area contributed by atoms with E-state index in [1.54, 1.807) is 7.11 Å². The van der Waals surface area contributed by atoms with Crippen LogP contribution in [0.25, 0.3) is 0 Å². The predicted octanol–water partition coefficient (Wildman–Crippen LogP) is 4.02. The molecular formula is C15H15IO2. The van der Waals surface area contributed by atoms with Gasteiger partial charge in [0.25, 0.3) is 0 Å². The van der Waals surface area contributed by atoms with Gasteiger partial charge in [0.1, 0.15) is 5.75 Å². The summed E-state index contributed by atoms with van der Waals surface area (Å²) >= 11 is 2.30. The highest BCUT2D eigenvalue weighted by atomic mass is 127. The van der Waals surface area contributed by atoms with E-state index < -0.39 is 0 Å². The molecule has 3 heteroatoms. The number of halogens is 1. The summed E-state index contributed by atoms with van der Waals surface area (Å²) in [6.07, 6.45) is 0. The fourth-order valence-corrected chi connectivity index (χ4v) is 1.99. The smallest absolute Gasteiger partial charge is 0.119 e. The third-order valence-corrected chi connectivity index (χ3v) is 3.30. The van der Waals surface area contributed by atoms with E-state index in [4.69, 9.17) is 9.47 Å². The second-order valence-electron chi connectivity index (χ2n) is 3.97. The quantitative estimate of drug-likeness (QED) is 0.756. The highest BCUT2D eigenvalue weighted by Gasteiger charge is 1.97. The largest absolute Gasteiger partial charge is 0.497 e. The van der Waals surface area contributed by atoms with Crippen molar-refractivity contribution in [2.24, 2.45) is 0 Å². The molecule has 0 N–H and O–H groups in total. The van der Waals surface area contributed by atoms with E-state index in [0.717, 1.165) is 11.3 Å². The van der Waals surface area contributed by atoms with Gasteiger partial charge in [0.2, 0.25) is 0 Å². The standard InChI is InChI=1S/C15H15IO2/c1-17-15-4-2-3-13(9-15)11-18-10-12-5-7-14(16)8-6-12/h2-9H,10-11H2,1H3. The zero-order valence-electron chi connectivity index (χ0n) is 10.2. The van der Waals surface area contributed by atoms with Gasteiger partial charge < -0.3 is 9.47 Å². The Balaban J connectivity index is 1.86. The molecule has 0 amide bonds. The first-order valence-electron chi connectivity index (χ1n) is 5.73. The Labute approximate surface area is 121 Å². The summed E-state index contributed by atoms with van der Waals surface area (Å²) in [6, 6.07) is 16.3. The average Bonchev–Trinajstić information content (AvgIpc) is 2.41. The summed E-state index contributed by atoms with van der Waals surface area (Å²) in [6.45, 7) is 1.23. The van der Waals surface area contributed by atoms with Crippen LogP contribution in [0.4, 0.5) is 0 Å². The van der Waals surface area contributed by atoms with Crippen LogP contribution in [0.15, 0.2) is 48.5 Å². The molecule has 0 saturated carbocycles. The highest BCUT2D eigenvalue weighted by molar-refractivity contribution is 14.1. The Hall–Kier alpha value is -1.07. The van der Waals surface area contributed by atoms with Crippen molar-refractivity contribution >= 4 is 22.6 Å². The number of hydrogen-bond donors (Lipinski definition) is 0. The Bertz CT molecular complexity index is 494. The van der Waals surface area contributed by atoms with Gasteiger partial charge in [-0.05, 0) is 58.0 Å². The summed E-state index contributed by atoms with van der Waals surface area (Å²) in [5, 5.41) is 0. The highest BCUT2D eigenvalue weighted by Crippen LogP contribution is 2.14. The number of hydrogen-bond acceptors (Lipinski definition) is 2. The fourth-order valence-electron chi connectivity index (χ4n) is 1.63. The van der Waals surface area contributed by atoms with Crippen LogP contribution in [0.2, 0.25) is 0 Å². The molecule has 0 atom stereocenters. The van der Waals surface area contributed by atoms with Crippen LogP contribution in [-0.2, 0) is 18.0 Å². The van der Waals surface area contributed by atoms with E-state index in [2.05, 4.69) is 46.9 Å². The molecule has 0 heterocycles. The SMILES string of the molecule is COc1cccc(COCc2ccc(I)cc2)c1. The summed E-state index contributed by atoms with van der Waals surface area (Å²) < 4.78 is 12.1. The maximum atomic E-state index is 5.69. The number of benzene rings is 2. The summed E-state index contributed by atoms with van der Waals surface area (Å²) in [5.41, 5.74) is 2.32. The number of ether oxygens (including phenoxy) is 2. The first-order valence-corrected chi connectivity index (χ1v) is 6.81. The van der Waals surface area contributed by atoms with Crippen molar-refractivity contribution in [3.8, 4) is 5.75 Å². The molecule has 18 heavy (non-hydrogen) atoms. The fraction of sp³-hybridized carbons (Fsp3) is 0.200. The second-order valence-corrected chi connectivity index (χ2v) is 5.22. The van der Waals surface area contributed by atoms with Crippen LogP contribution in [0.5, 0.6) is 5.75 Å². The Morgan fingerprint density at radius 1 is 0.944 bits per heavy atom. The van der Waals surface area contributed by atoms with Gasteiger partial charge in [-0.1, -0.05) is 24.3 Å². The molecule has 0 radical (unpaired) electrons. The van der Waals surface area contributed by atoms with Crippen LogP contribution >= 0.6 is 22.6 Å². The normalized spacial score (nSPS) is 10.3. The molecule has 0 spiro atoms. The molecule has 2 rings (SSSR count). The molecule has 0 aliphatic heterocycles. The molecule has 0 aliphatic carbocycles. The van der Waals surface area contributed by atoms with Crippen LogP contribution in [-0.4, -0.2) is 7.11 Å². The maximum Gasteiger partial charge on any atom is 0.119 e. The lowest BCUT2D eigenvalue weighted by Crippen LogP contribution is -1.94. The molecule has 0 bridgehead atoms. The third kappa shape index (κ3) is 3.99. The molecule has 0 aromatic heterocycles. The van der Waals surface area contributed by atoms with E-state index in [1.165, 1.54) is 9.13 Å². The first-order chi connectivity index (χ1) is 8.78. The monoisotopic (exact) mass is 354 g/mol. The van der Waals surface area contributed by atoms with Gasteiger partial charge >= 0.3 is 0 Å². The van der Waals surface area contributed by atoms with Gasteiger partial charge in [-0.15, -0.1) is 0 Å². The van der Waals surface area contributed by atoms with Gasteiger partial charge in [-0.25, -0.2) is 0 Å². The molecule has 0 fully saturated rings. The molecule has 0 saturated heterocycles. The van der Waals surface area contributed by atoms with Crippen molar-refractivity contribution in [1.29, 1.82) is 0 Å². The molecule has 94 valence electrons. The van der Waals surface area contributed by atoms with Crippen LogP contribution in [0.3, 0.4) is 0 Å². The lowest BCUT2D eigenvalue weighted by molar-refractivity contribution is 0.107. The van der Waals surface area contributed by atoms with Crippen molar-refractivity contribution in [3.05, 3.63) is 63.2 Å². The summed E-state index contributed by atoms with van der Waals surface area (Å²) in [4.78, 5) is 0. The minimum absolute atomic E-state index is 0.600. The van der Waals surface area contributed by atoms with Crippen molar-refractivity contribution in [1.82, 2.24) is 0 Å². The molecule has 0 unspecified atom stereocenters. The molecular weight excluding hydrogens is 339 g/mol. The van der Waals surface area contributed by atoms with Crippen LogP contribution in [0.1, 0.15) is 11.1 Å². The van der Waals surface area contributed by atoms with Crippen LogP contribution < -0.4 is 4.74 Å². The van der Waals surface area contributed by atoms with Crippen molar-refractivity contribution < 1.29 is 9.47 Å². The topological polar surface area (TPSA) is 18.5 Å². The van der Waals surface area contributed by atoms with Gasteiger partial charge in [0.15, 0.2) is 0 Å². The summed E-state index contributed by atoms with van der Waals surface area (Å²) in [5.74, 6) is 0.866. The first kappa shape index (κ1) is 13.4. The van der Waals surface area contributed by atoms with Crippen LogP contribution in [0, 0.1) is 3.57 Å². The number of rotatable bonds is 5. The van der Waals surface area contributed by atoms with E-state index in [-0.39, 0.29) is 0 Å². The zero-order chi connectivity index (χ0) is 12.8. The molecule has 0 aliphatic rings. The Morgan fingerprint density at radius 2 is 1.67 bits per heavy atom. The summed E-state index contributed by atoms with van der Waals surface area (Å²) in [7, 11) is 1.67. The van der Waals surface area contributed by atoms with Crippen molar-refractivity contribution in [2.45, 2.75) is 13.2 Å². The van der Waals surface area contributed by atoms with E-state index in [9.17, 15) is 0 Å². The lowest BCUT2D eigenvalue weighted by Gasteiger charge is -2.06. The Morgan fingerprint density at radius 3 is 2.39 bits per heavy atom. The second kappa shape index (κ2) is 6.75. The Kier molecular flexibility index (Phi) is 5.01. The number of methoxy groups -OCH3 is 1. The van der Waals surface area contributed by atoms with Gasteiger partial charge in [0, 0.05) is 3.57 Å². The van der Waals surface area contributed by atoms with Gasteiger partial charge in [0.05, 0.1) is 20.3 Å².